The molecule has 2 aromatic carbocycles. The minimum absolute atomic E-state index is 0.0171. The van der Waals surface area contributed by atoms with Crippen LogP contribution in [0.5, 0.6) is 0 Å². The van der Waals surface area contributed by atoms with Crippen LogP contribution in [-0.4, -0.2) is 29.5 Å². The van der Waals surface area contributed by atoms with Gasteiger partial charge in [0.1, 0.15) is 6.54 Å². The summed E-state index contributed by atoms with van der Waals surface area (Å²) in [5, 5.41) is 5.34. The molecule has 1 heterocycles. The van der Waals surface area contributed by atoms with Crippen molar-refractivity contribution in [2.45, 2.75) is 20.0 Å². The maximum absolute atomic E-state index is 12.8. The normalized spacial score (nSPS) is 11.3. The number of nitrogens with one attached hydrogen (secondary N) is 2. The van der Waals surface area contributed by atoms with Crippen LogP contribution in [-0.2, 0) is 0 Å². The number of alkyl halides is 3. The molecule has 0 unspecified atom stereocenters. The molecule has 0 aliphatic carbocycles. The Morgan fingerprint density at radius 3 is 2.45 bits per heavy atom. The minimum atomic E-state index is -4.50. The molecule has 150 valence electrons. The molecule has 29 heavy (non-hydrogen) atoms. The largest absolute Gasteiger partial charge is 0.405 e. The number of aryl methyl sites for hydroxylation is 2. The van der Waals surface area contributed by atoms with Crippen molar-refractivity contribution in [3.05, 3.63) is 70.9 Å². The van der Waals surface area contributed by atoms with Gasteiger partial charge in [0, 0.05) is 16.6 Å². The van der Waals surface area contributed by atoms with Crippen LogP contribution in [0.1, 0.15) is 32.0 Å². The Labute approximate surface area is 164 Å². The number of amides is 2. The molecule has 0 aliphatic rings. The summed E-state index contributed by atoms with van der Waals surface area (Å²) in [6.45, 7) is 2.01. The van der Waals surface area contributed by atoms with Crippen molar-refractivity contribution in [3.63, 3.8) is 0 Å². The van der Waals surface area contributed by atoms with E-state index < -0.39 is 24.5 Å². The molecule has 2 amide bonds. The lowest BCUT2D eigenvalue weighted by Gasteiger charge is -2.13. The highest BCUT2D eigenvalue weighted by Gasteiger charge is 2.28. The van der Waals surface area contributed by atoms with E-state index in [9.17, 15) is 22.8 Å². The number of pyridine rings is 1. The fraction of sp³-hybridized carbons (Fsp3) is 0.190. The molecule has 2 N–H and O–H groups in total. The van der Waals surface area contributed by atoms with Gasteiger partial charge in [0.2, 0.25) is 0 Å². The van der Waals surface area contributed by atoms with Gasteiger partial charge in [0.25, 0.3) is 11.8 Å². The van der Waals surface area contributed by atoms with Gasteiger partial charge >= 0.3 is 6.18 Å². The Kier molecular flexibility index (Phi) is 5.54. The number of hydrogen-bond acceptors (Lipinski definition) is 3. The lowest BCUT2D eigenvalue weighted by Crippen LogP contribution is -2.33. The van der Waals surface area contributed by atoms with Crippen molar-refractivity contribution in [1.82, 2.24) is 10.3 Å². The summed E-state index contributed by atoms with van der Waals surface area (Å²) in [6.07, 6.45) is -4.50. The number of halogens is 3. The maximum atomic E-state index is 12.8. The highest BCUT2D eigenvalue weighted by atomic mass is 19.4. The van der Waals surface area contributed by atoms with Gasteiger partial charge in [-0.25, -0.2) is 0 Å². The fourth-order valence-electron chi connectivity index (χ4n) is 2.81. The van der Waals surface area contributed by atoms with Crippen molar-refractivity contribution in [2.24, 2.45) is 0 Å². The first-order valence-electron chi connectivity index (χ1n) is 8.77. The van der Waals surface area contributed by atoms with Crippen molar-refractivity contribution in [3.8, 4) is 0 Å². The second-order valence-electron chi connectivity index (χ2n) is 6.60. The van der Waals surface area contributed by atoms with E-state index in [1.54, 1.807) is 26.0 Å². The van der Waals surface area contributed by atoms with E-state index >= 15 is 0 Å². The molecule has 0 bridgehead atoms. The SMILES string of the molecule is Cc1ccc(C(=O)NCC(F)(F)F)cc1NC(=O)c1cc2ccccc2nc1C. The zero-order chi connectivity index (χ0) is 21.2. The smallest absolute Gasteiger partial charge is 0.343 e. The molecule has 0 radical (unpaired) electrons. The number of rotatable bonds is 4. The van der Waals surface area contributed by atoms with Crippen LogP contribution in [0.15, 0.2) is 48.5 Å². The van der Waals surface area contributed by atoms with Gasteiger partial charge in [-0.15, -0.1) is 0 Å². The monoisotopic (exact) mass is 401 g/mol. The van der Waals surface area contributed by atoms with E-state index in [-0.39, 0.29) is 5.56 Å². The average Bonchev–Trinajstić information content (AvgIpc) is 2.66. The quantitative estimate of drug-likeness (QED) is 0.681. The lowest BCUT2D eigenvalue weighted by atomic mass is 10.1. The van der Waals surface area contributed by atoms with Crippen LogP contribution in [0.3, 0.4) is 0 Å². The predicted molar refractivity (Wildman–Crippen MR) is 104 cm³/mol. The van der Waals surface area contributed by atoms with Gasteiger partial charge in [-0.1, -0.05) is 24.3 Å². The molecular weight excluding hydrogens is 383 g/mol. The van der Waals surface area contributed by atoms with Crippen LogP contribution in [0, 0.1) is 13.8 Å². The van der Waals surface area contributed by atoms with E-state index in [1.807, 2.05) is 29.6 Å². The summed E-state index contributed by atoms with van der Waals surface area (Å²) in [6, 6.07) is 13.4. The first-order valence-corrected chi connectivity index (χ1v) is 8.77. The van der Waals surface area contributed by atoms with Crippen LogP contribution >= 0.6 is 0 Å². The van der Waals surface area contributed by atoms with Crippen molar-refractivity contribution < 1.29 is 22.8 Å². The maximum Gasteiger partial charge on any atom is 0.405 e. The van der Waals surface area contributed by atoms with E-state index in [0.717, 1.165) is 10.9 Å². The third-order valence-electron chi connectivity index (χ3n) is 4.36. The van der Waals surface area contributed by atoms with Crippen molar-refractivity contribution in [1.29, 1.82) is 0 Å². The number of hydrogen-bond donors (Lipinski definition) is 2. The highest BCUT2D eigenvalue weighted by Crippen LogP contribution is 2.21. The first-order chi connectivity index (χ1) is 13.6. The number of anilines is 1. The highest BCUT2D eigenvalue weighted by molar-refractivity contribution is 6.07. The molecule has 0 saturated heterocycles. The molecule has 0 spiro atoms. The third-order valence-corrected chi connectivity index (χ3v) is 4.36. The molecule has 8 heteroatoms. The zero-order valence-corrected chi connectivity index (χ0v) is 15.7. The third kappa shape index (κ3) is 4.90. The molecule has 0 fully saturated rings. The number of para-hydroxylation sites is 1. The van der Waals surface area contributed by atoms with Crippen molar-refractivity contribution >= 4 is 28.4 Å². The van der Waals surface area contributed by atoms with E-state index in [0.29, 0.717) is 22.5 Å². The van der Waals surface area contributed by atoms with Gasteiger partial charge in [-0.05, 0) is 43.7 Å². The standard InChI is InChI=1S/C21H18F3N3O2/c1-12-7-8-15(19(28)25-11-21(22,23)24)10-18(12)27-20(29)16-9-14-5-3-4-6-17(14)26-13(16)2/h3-10H,11H2,1-2H3,(H,25,28)(H,27,29). The molecule has 0 aliphatic heterocycles. The molecule has 3 aromatic rings. The van der Waals surface area contributed by atoms with Gasteiger partial charge in [-0.3, -0.25) is 14.6 Å². The van der Waals surface area contributed by atoms with Crippen LogP contribution in [0.25, 0.3) is 10.9 Å². The molecule has 0 saturated carbocycles. The Bertz CT molecular complexity index is 1090. The number of aromatic nitrogens is 1. The van der Waals surface area contributed by atoms with Crippen LogP contribution in [0.2, 0.25) is 0 Å². The fourth-order valence-corrected chi connectivity index (χ4v) is 2.81. The molecule has 5 nitrogen and oxygen atoms in total. The Hall–Kier alpha value is -3.42. The summed E-state index contributed by atoms with van der Waals surface area (Å²) >= 11 is 0. The van der Waals surface area contributed by atoms with Crippen molar-refractivity contribution in [2.75, 3.05) is 11.9 Å². The summed E-state index contributed by atoms with van der Waals surface area (Å²) in [5.41, 5.74) is 2.69. The summed E-state index contributed by atoms with van der Waals surface area (Å²) in [5.74, 6) is -1.29. The second kappa shape index (κ2) is 7.90. The van der Waals surface area contributed by atoms with Crippen LogP contribution in [0.4, 0.5) is 18.9 Å². The number of carbonyl (C=O) groups excluding carboxylic acids is 2. The molecule has 0 atom stereocenters. The summed E-state index contributed by atoms with van der Waals surface area (Å²) in [4.78, 5) is 29.2. The second-order valence-corrected chi connectivity index (χ2v) is 6.60. The Morgan fingerprint density at radius 1 is 1.00 bits per heavy atom. The Morgan fingerprint density at radius 2 is 1.72 bits per heavy atom. The van der Waals surface area contributed by atoms with Gasteiger partial charge in [0.05, 0.1) is 16.8 Å². The molecular formula is C21H18F3N3O2. The average molecular weight is 401 g/mol. The predicted octanol–water partition coefficient (Wildman–Crippen LogP) is 4.40. The number of nitrogens with zero attached hydrogens (tertiary/aromatic N) is 1. The molecule has 3 rings (SSSR count). The zero-order valence-electron chi connectivity index (χ0n) is 15.7. The van der Waals surface area contributed by atoms with Gasteiger partial charge < -0.3 is 10.6 Å². The lowest BCUT2D eigenvalue weighted by molar-refractivity contribution is -0.123. The van der Waals surface area contributed by atoms with E-state index in [1.165, 1.54) is 12.1 Å². The molecule has 1 aromatic heterocycles. The van der Waals surface area contributed by atoms with Crippen LogP contribution < -0.4 is 10.6 Å². The van der Waals surface area contributed by atoms with E-state index in [4.69, 9.17) is 0 Å². The van der Waals surface area contributed by atoms with E-state index in [2.05, 4.69) is 10.3 Å². The van der Waals surface area contributed by atoms with Gasteiger partial charge in [-0.2, -0.15) is 13.2 Å². The summed E-state index contributed by atoms with van der Waals surface area (Å²) < 4.78 is 36.9. The summed E-state index contributed by atoms with van der Waals surface area (Å²) in [7, 11) is 0. The topological polar surface area (TPSA) is 71.1 Å². The Balaban J connectivity index is 1.83. The number of benzene rings is 2. The minimum Gasteiger partial charge on any atom is -0.343 e. The first kappa shape index (κ1) is 20.3. The van der Waals surface area contributed by atoms with Gasteiger partial charge in [0.15, 0.2) is 0 Å². The number of carbonyl (C=O) groups is 2. The number of fused-ring (bicyclic) bond motifs is 1.